The van der Waals surface area contributed by atoms with E-state index >= 15 is 0 Å². The molecular weight excluding hydrogens is 302 g/mol. The first-order valence-corrected chi connectivity index (χ1v) is 8.12. The van der Waals surface area contributed by atoms with E-state index in [1.807, 2.05) is 60.4 Å². The quantitative estimate of drug-likeness (QED) is 0.908. The predicted molar refractivity (Wildman–Crippen MR) is 93.8 cm³/mol. The van der Waals surface area contributed by atoms with Gasteiger partial charge in [-0.25, -0.2) is 4.79 Å². The lowest BCUT2D eigenvalue weighted by Crippen LogP contribution is -2.49. The Morgan fingerprint density at radius 1 is 1.08 bits per heavy atom. The van der Waals surface area contributed by atoms with E-state index in [2.05, 4.69) is 16.7 Å². The molecule has 3 rings (SSSR count). The second-order valence-electron chi connectivity index (χ2n) is 5.91. The van der Waals surface area contributed by atoms with E-state index in [-0.39, 0.29) is 5.91 Å². The largest absolute Gasteiger partial charge is 0.359 e. The smallest absolute Gasteiger partial charge is 0.321 e. The molecule has 0 saturated heterocycles. The Bertz CT molecular complexity index is 730. The Balaban J connectivity index is 1.54. The molecule has 0 aromatic heterocycles. The summed E-state index contributed by atoms with van der Waals surface area (Å²) in [6.45, 7) is 3.00. The number of carbonyl (C=O) groups is 2. The number of benzene rings is 2. The molecule has 1 atom stereocenters. The van der Waals surface area contributed by atoms with Crippen molar-refractivity contribution in [3.8, 4) is 0 Å². The zero-order valence-corrected chi connectivity index (χ0v) is 13.7. The molecule has 2 aromatic carbocycles. The van der Waals surface area contributed by atoms with Crippen molar-refractivity contribution >= 4 is 17.6 Å². The van der Waals surface area contributed by atoms with Crippen LogP contribution in [0.2, 0.25) is 0 Å². The van der Waals surface area contributed by atoms with Crippen molar-refractivity contribution in [3.05, 3.63) is 65.7 Å². The summed E-state index contributed by atoms with van der Waals surface area (Å²) >= 11 is 0. The van der Waals surface area contributed by atoms with E-state index in [1.54, 1.807) is 0 Å². The minimum absolute atomic E-state index is 0.294. The number of para-hydroxylation sites is 1. The van der Waals surface area contributed by atoms with Crippen LogP contribution in [0, 0.1) is 0 Å². The van der Waals surface area contributed by atoms with Crippen LogP contribution in [0.3, 0.4) is 0 Å². The number of fused-ring (bicyclic) bond motifs is 1. The van der Waals surface area contributed by atoms with E-state index in [0.29, 0.717) is 6.54 Å². The highest BCUT2D eigenvalue weighted by Crippen LogP contribution is 2.29. The van der Waals surface area contributed by atoms with Gasteiger partial charge < -0.3 is 10.2 Å². The van der Waals surface area contributed by atoms with Crippen LogP contribution >= 0.6 is 0 Å². The fourth-order valence-corrected chi connectivity index (χ4v) is 2.95. The van der Waals surface area contributed by atoms with Gasteiger partial charge in [-0.05, 0) is 30.5 Å². The average Bonchev–Trinajstić information content (AvgIpc) is 3.04. The third-order valence-electron chi connectivity index (χ3n) is 4.30. The predicted octanol–water partition coefficient (Wildman–Crippen LogP) is 2.46. The van der Waals surface area contributed by atoms with Crippen LogP contribution in [0.5, 0.6) is 0 Å². The molecule has 0 saturated carbocycles. The van der Waals surface area contributed by atoms with E-state index in [9.17, 15) is 9.59 Å². The molecule has 2 aromatic rings. The molecule has 2 N–H and O–H groups in total. The molecule has 24 heavy (non-hydrogen) atoms. The highest BCUT2D eigenvalue weighted by molar-refractivity contribution is 5.98. The minimum Gasteiger partial charge on any atom is -0.359 e. The van der Waals surface area contributed by atoms with Crippen molar-refractivity contribution in [2.75, 3.05) is 11.4 Å². The molecule has 5 nitrogen and oxygen atoms in total. The van der Waals surface area contributed by atoms with E-state index in [4.69, 9.17) is 0 Å². The SMILES string of the molecule is C[C@@H](C(=O)NC(=O)NCc1ccccc1)N1CCc2ccccc21. The molecular formula is C19H21N3O2. The third-order valence-corrected chi connectivity index (χ3v) is 4.30. The second-order valence-corrected chi connectivity index (χ2v) is 5.91. The van der Waals surface area contributed by atoms with Gasteiger partial charge in [0.25, 0.3) is 0 Å². The molecule has 124 valence electrons. The van der Waals surface area contributed by atoms with Gasteiger partial charge >= 0.3 is 6.03 Å². The summed E-state index contributed by atoms with van der Waals surface area (Å²) in [4.78, 5) is 26.3. The summed E-state index contributed by atoms with van der Waals surface area (Å²) in [5.74, 6) is -0.294. The summed E-state index contributed by atoms with van der Waals surface area (Å²) in [6.07, 6.45) is 0.925. The average molecular weight is 323 g/mol. The summed E-state index contributed by atoms with van der Waals surface area (Å²) in [5, 5.41) is 5.13. The summed E-state index contributed by atoms with van der Waals surface area (Å²) in [6, 6.07) is 16.8. The molecule has 0 radical (unpaired) electrons. The number of hydrogen-bond acceptors (Lipinski definition) is 3. The van der Waals surface area contributed by atoms with Crippen LogP contribution in [0.25, 0.3) is 0 Å². The molecule has 0 fully saturated rings. The van der Waals surface area contributed by atoms with Crippen molar-refractivity contribution in [2.45, 2.75) is 25.9 Å². The number of nitrogens with zero attached hydrogens (tertiary/aromatic N) is 1. The normalized spacial score (nSPS) is 14.0. The first kappa shape index (κ1) is 16.1. The monoisotopic (exact) mass is 323 g/mol. The van der Waals surface area contributed by atoms with Crippen LogP contribution in [-0.4, -0.2) is 24.5 Å². The Morgan fingerprint density at radius 2 is 1.79 bits per heavy atom. The molecule has 3 amide bonds. The molecule has 5 heteroatoms. The van der Waals surface area contributed by atoms with Gasteiger partial charge in [-0.1, -0.05) is 48.5 Å². The topological polar surface area (TPSA) is 61.4 Å². The number of carbonyl (C=O) groups excluding carboxylic acids is 2. The first-order chi connectivity index (χ1) is 11.6. The minimum atomic E-state index is -0.469. The van der Waals surface area contributed by atoms with Crippen molar-refractivity contribution < 1.29 is 9.59 Å². The summed E-state index contributed by atoms with van der Waals surface area (Å²) in [7, 11) is 0. The highest BCUT2D eigenvalue weighted by atomic mass is 16.2. The first-order valence-electron chi connectivity index (χ1n) is 8.12. The van der Waals surface area contributed by atoms with Crippen molar-refractivity contribution in [2.24, 2.45) is 0 Å². The molecule has 1 aliphatic rings. The highest BCUT2D eigenvalue weighted by Gasteiger charge is 2.28. The van der Waals surface area contributed by atoms with Crippen LogP contribution in [0.15, 0.2) is 54.6 Å². The van der Waals surface area contributed by atoms with Crippen molar-refractivity contribution in [1.29, 1.82) is 0 Å². The van der Waals surface area contributed by atoms with Gasteiger partial charge in [0.1, 0.15) is 6.04 Å². The molecule has 1 aliphatic heterocycles. The molecule has 1 heterocycles. The zero-order valence-electron chi connectivity index (χ0n) is 13.7. The van der Waals surface area contributed by atoms with Gasteiger partial charge in [0.15, 0.2) is 0 Å². The van der Waals surface area contributed by atoms with E-state index in [1.165, 1.54) is 5.56 Å². The molecule has 0 aliphatic carbocycles. The lowest BCUT2D eigenvalue weighted by atomic mass is 10.1. The Hall–Kier alpha value is -2.82. The van der Waals surface area contributed by atoms with Gasteiger partial charge in [0.05, 0.1) is 0 Å². The van der Waals surface area contributed by atoms with E-state index in [0.717, 1.165) is 24.2 Å². The van der Waals surface area contributed by atoms with Crippen LogP contribution in [0.4, 0.5) is 10.5 Å². The zero-order chi connectivity index (χ0) is 16.9. The standard InChI is InChI=1S/C19H21N3O2/c1-14(22-12-11-16-9-5-6-10-17(16)22)18(23)21-19(24)20-13-15-7-3-2-4-8-15/h2-10,14H,11-13H2,1H3,(H2,20,21,23,24)/t14-/m0/s1. The summed E-state index contributed by atoms with van der Waals surface area (Å²) < 4.78 is 0. The van der Waals surface area contributed by atoms with Crippen LogP contribution in [0.1, 0.15) is 18.1 Å². The van der Waals surface area contributed by atoms with Gasteiger partial charge in [-0.15, -0.1) is 0 Å². The number of amides is 3. The van der Waals surface area contributed by atoms with Gasteiger partial charge in [0, 0.05) is 18.8 Å². The third kappa shape index (κ3) is 3.56. The maximum atomic E-state index is 12.3. The lowest BCUT2D eigenvalue weighted by molar-refractivity contribution is -0.120. The van der Waals surface area contributed by atoms with Crippen LogP contribution < -0.4 is 15.5 Å². The molecule has 0 spiro atoms. The second kappa shape index (κ2) is 7.17. The van der Waals surface area contributed by atoms with Crippen molar-refractivity contribution in [1.82, 2.24) is 10.6 Å². The van der Waals surface area contributed by atoms with Gasteiger partial charge in [0.2, 0.25) is 5.91 Å². The fraction of sp³-hybridized carbons (Fsp3) is 0.263. The van der Waals surface area contributed by atoms with Crippen LogP contribution in [-0.2, 0) is 17.8 Å². The molecule has 0 bridgehead atoms. The molecule has 0 unspecified atom stereocenters. The Morgan fingerprint density at radius 3 is 2.58 bits per heavy atom. The maximum Gasteiger partial charge on any atom is 0.321 e. The number of hydrogen-bond donors (Lipinski definition) is 2. The number of imide groups is 1. The summed E-state index contributed by atoms with van der Waals surface area (Å²) in [5.41, 5.74) is 3.30. The number of nitrogens with one attached hydrogen (secondary N) is 2. The fourth-order valence-electron chi connectivity index (χ4n) is 2.95. The number of anilines is 1. The lowest BCUT2D eigenvalue weighted by Gasteiger charge is -2.26. The van der Waals surface area contributed by atoms with E-state index < -0.39 is 12.1 Å². The van der Waals surface area contributed by atoms with Gasteiger partial charge in [-0.2, -0.15) is 0 Å². The Kier molecular flexibility index (Phi) is 4.79. The maximum absolute atomic E-state index is 12.3. The van der Waals surface area contributed by atoms with Gasteiger partial charge in [-0.3, -0.25) is 10.1 Å². The Labute approximate surface area is 141 Å². The van der Waals surface area contributed by atoms with Crippen molar-refractivity contribution in [3.63, 3.8) is 0 Å². The number of urea groups is 1. The number of rotatable bonds is 4.